The number of carbonyl (C=O) groups is 1. The third-order valence-corrected chi connectivity index (χ3v) is 6.20. The van der Waals surface area contributed by atoms with E-state index >= 15 is 0 Å². The van der Waals surface area contributed by atoms with E-state index in [1.165, 1.54) is 5.57 Å². The Kier molecular flexibility index (Phi) is 13.5. The van der Waals surface area contributed by atoms with E-state index in [0.29, 0.717) is 18.4 Å². The fraction of sp³-hybridized carbons (Fsp3) is 0.500. The molecule has 1 saturated carbocycles. The molecular formula is C30H44O4. The molecule has 0 spiro atoms. The molecule has 3 atom stereocenters. The van der Waals surface area contributed by atoms with Crippen LogP contribution in [0.2, 0.25) is 0 Å². The van der Waals surface area contributed by atoms with Crippen molar-refractivity contribution in [3.63, 3.8) is 0 Å². The van der Waals surface area contributed by atoms with Gasteiger partial charge < -0.3 is 15.3 Å². The number of carbonyl (C=O) groups excluding carboxylic acids is 1. The second-order valence-corrected chi connectivity index (χ2v) is 8.85. The van der Waals surface area contributed by atoms with Crippen LogP contribution >= 0.6 is 0 Å². The van der Waals surface area contributed by atoms with Gasteiger partial charge in [0.05, 0.1) is 12.0 Å². The van der Waals surface area contributed by atoms with Gasteiger partial charge in [-0.25, -0.2) is 0 Å². The highest BCUT2D eigenvalue weighted by Gasteiger charge is 2.30. The van der Waals surface area contributed by atoms with Crippen LogP contribution in [0, 0.1) is 0 Å². The van der Waals surface area contributed by atoms with Crippen LogP contribution in [0.4, 0.5) is 0 Å². The molecule has 0 saturated heterocycles. The summed E-state index contributed by atoms with van der Waals surface area (Å²) >= 11 is 0. The topological polar surface area (TPSA) is 77.8 Å². The molecule has 1 aromatic rings. The third kappa shape index (κ3) is 9.08. The number of aliphatic hydroxyl groups is 3. The standard InChI is InChI=1S/C28H38O4.C2H6/c1-5-6-10-26(31)28(32)24-15-13-23(14-16-24)27-22(17-18-25(27)30)9-7-8-19(2)11-12-20(3)21(4)29;1-2/h9,11-16,26-29,31-32H,4-8,10,17-18H2,1-3H3;1-2H3/b19-11+,20-12+,22-9-;. The summed E-state index contributed by atoms with van der Waals surface area (Å²) in [5.74, 6) is 0.104. The lowest BCUT2D eigenvalue weighted by atomic mass is 9.90. The molecule has 2 rings (SSSR count). The van der Waals surface area contributed by atoms with Crippen LogP contribution in [0.25, 0.3) is 0 Å². The summed E-state index contributed by atoms with van der Waals surface area (Å²) < 4.78 is 0. The molecule has 3 N–H and O–H groups in total. The van der Waals surface area contributed by atoms with Gasteiger partial charge in [-0.15, -0.1) is 0 Å². The van der Waals surface area contributed by atoms with Crippen molar-refractivity contribution in [3.8, 4) is 0 Å². The van der Waals surface area contributed by atoms with Gasteiger partial charge in [-0.05, 0) is 56.2 Å². The summed E-state index contributed by atoms with van der Waals surface area (Å²) in [6, 6.07) is 7.48. The fourth-order valence-corrected chi connectivity index (χ4v) is 3.99. The first-order chi connectivity index (χ1) is 16.2. The van der Waals surface area contributed by atoms with Crippen LogP contribution in [0.15, 0.2) is 71.6 Å². The van der Waals surface area contributed by atoms with E-state index in [4.69, 9.17) is 0 Å². The Morgan fingerprint density at radius 3 is 2.35 bits per heavy atom. The maximum absolute atomic E-state index is 12.6. The van der Waals surface area contributed by atoms with Crippen molar-refractivity contribution < 1.29 is 20.1 Å². The lowest BCUT2D eigenvalue weighted by Gasteiger charge is -2.19. The predicted octanol–water partition coefficient (Wildman–Crippen LogP) is 7.41. The van der Waals surface area contributed by atoms with Crippen molar-refractivity contribution >= 4 is 5.78 Å². The van der Waals surface area contributed by atoms with E-state index in [-0.39, 0.29) is 17.5 Å². The molecule has 3 unspecified atom stereocenters. The van der Waals surface area contributed by atoms with Crippen LogP contribution in [-0.2, 0) is 4.79 Å². The summed E-state index contributed by atoms with van der Waals surface area (Å²) in [4.78, 5) is 12.6. The molecule has 1 aliphatic carbocycles. The van der Waals surface area contributed by atoms with Crippen LogP contribution in [0.5, 0.6) is 0 Å². The van der Waals surface area contributed by atoms with Gasteiger partial charge in [0, 0.05) is 6.42 Å². The van der Waals surface area contributed by atoms with E-state index in [1.54, 1.807) is 0 Å². The Bertz CT molecular complexity index is 874. The number of hydrogen-bond donors (Lipinski definition) is 3. The highest BCUT2D eigenvalue weighted by Crippen LogP contribution is 2.37. The number of allylic oxidation sites excluding steroid dienone is 6. The quantitative estimate of drug-likeness (QED) is 0.179. The molecule has 0 aliphatic heterocycles. The van der Waals surface area contributed by atoms with Gasteiger partial charge in [0.25, 0.3) is 0 Å². The fourth-order valence-electron chi connectivity index (χ4n) is 3.99. The second-order valence-electron chi connectivity index (χ2n) is 8.85. The van der Waals surface area contributed by atoms with Crippen LogP contribution in [0.3, 0.4) is 0 Å². The Morgan fingerprint density at radius 2 is 1.76 bits per heavy atom. The maximum Gasteiger partial charge on any atom is 0.144 e. The smallest absolute Gasteiger partial charge is 0.144 e. The molecule has 0 radical (unpaired) electrons. The minimum Gasteiger partial charge on any atom is -0.508 e. The first kappa shape index (κ1) is 29.6. The summed E-state index contributed by atoms with van der Waals surface area (Å²) in [7, 11) is 0. The van der Waals surface area contributed by atoms with Crippen LogP contribution in [-0.4, -0.2) is 27.2 Å². The van der Waals surface area contributed by atoms with E-state index < -0.39 is 12.2 Å². The van der Waals surface area contributed by atoms with E-state index in [0.717, 1.165) is 48.8 Å². The summed E-state index contributed by atoms with van der Waals surface area (Å²) in [5, 5.41) is 29.9. The molecule has 1 aromatic carbocycles. The second kappa shape index (κ2) is 15.5. The summed E-state index contributed by atoms with van der Waals surface area (Å²) in [5.41, 5.74) is 4.74. The average molecular weight is 469 g/mol. The van der Waals surface area contributed by atoms with Crippen molar-refractivity contribution in [2.75, 3.05) is 0 Å². The van der Waals surface area contributed by atoms with E-state index in [9.17, 15) is 20.1 Å². The van der Waals surface area contributed by atoms with Crippen LogP contribution < -0.4 is 0 Å². The largest absolute Gasteiger partial charge is 0.508 e. The van der Waals surface area contributed by atoms with E-state index in [1.807, 2.05) is 57.2 Å². The van der Waals surface area contributed by atoms with Crippen molar-refractivity contribution in [2.24, 2.45) is 0 Å². The first-order valence-corrected chi connectivity index (χ1v) is 12.6. The molecule has 4 heteroatoms. The van der Waals surface area contributed by atoms with Crippen molar-refractivity contribution in [2.45, 2.75) is 97.7 Å². The molecule has 4 nitrogen and oxygen atoms in total. The molecule has 0 bridgehead atoms. The molecule has 0 aromatic heterocycles. The normalized spacial score (nSPS) is 19.6. The number of ketones is 1. The molecule has 34 heavy (non-hydrogen) atoms. The zero-order valence-electron chi connectivity index (χ0n) is 21.7. The lowest BCUT2D eigenvalue weighted by Crippen LogP contribution is -2.18. The van der Waals surface area contributed by atoms with Gasteiger partial charge in [-0.1, -0.05) is 93.8 Å². The minimum absolute atomic E-state index is 0.0810. The zero-order chi connectivity index (χ0) is 25.7. The Hall–Kier alpha value is -2.43. The van der Waals surface area contributed by atoms with Crippen molar-refractivity contribution in [1.29, 1.82) is 0 Å². The van der Waals surface area contributed by atoms with Crippen LogP contribution in [0.1, 0.15) is 103 Å². The SMILES string of the molecule is C=C(O)/C(C)=C/C=C(\C)CC/C=C1/CCC(=O)C1c1ccc(C(O)C(O)CCCC)cc1.CC. The number of rotatable bonds is 11. The van der Waals surface area contributed by atoms with Crippen molar-refractivity contribution in [3.05, 3.63) is 82.7 Å². The van der Waals surface area contributed by atoms with Gasteiger partial charge in [0.1, 0.15) is 17.6 Å². The summed E-state index contributed by atoms with van der Waals surface area (Å²) in [6.07, 6.45) is 9.89. The van der Waals surface area contributed by atoms with E-state index in [2.05, 4.69) is 26.5 Å². The lowest BCUT2D eigenvalue weighted by molar-refractivity contribution is -0.118. The minimum atomic E-state index is -0.902. The van der Waals surface area contributed by atoms with Gasteiger partial charge in [0.2, 0.25) is 0 Å². The predicted molar refractivity (Wildman–Crippen MR) is 142 cm³/mol. The molecule has 0 heterocycles. The first-order valence-electron chi connectivity index (χ1n) is 12.6. The molecule has 1 aliphatic rings. The highest BCUT2D eigenvalue weighted by molar-refractivity contribution is 5.92. The number of unbranched alkanes of at least 4 members (excludes halogenated alkanes) is 1. The number of Topliss-reactive ketones (excluding diaryl/α,β-unsaturated/α-hetero) is 1. The highest BCUT2D eigenvalue weighted by atomic mass is 16.3. The number of hydrogen-bond acceptors (Lipinski definition) is 4. The van der Waals surface area contributed by atoms with Gasteiger partial charge >= 0.3 is 0 Å². The maximum atomic E-state index is 12.6. The Labute approximate surface area is 206 Å². The third-order valence-electron chi connectivity index (χ3n) is 6.20. The zero-order valence-corrected chi connectivity index (χ0v) is 21.7. The monoisotopic (exact) mass is 468 g/mol. The number of benzene rings is 1. The average Bonchev–Trinajstić information content (AvgIpc) is 3.21. The molecule has 1 fully saturated rings. The summed E-state index contributed by atoms with van der Waals surface area (Å²) in [6.45, 7) is 13.4. The Balaban J connectivity index is 0.00000281. The molecule has 0 amide bonds. The van der Waals surface area contributed by atoms with Crippen molar-refractivity contribution in [1.82, 2.24) is 0 Å². The van der Waals surface area contributed by atoms with Gasteiger partial charge in [-0.3, -0.25) is 4.79 Å². The number of aliphatic hydroxyl groups excluding tert-OH is 3. The molecule has 188 valence electrons. The van der Waals surface area contributed by atoms with Gasteiger partial charge in [-0.2, -0.15) is 0 Å². The molecular weight excluding hydrogens is 424 g/mol. The van der Waals surface area contributed by atoms with Gasteiger partial charge in [0.15, 0.2) is 0 Å². The Morgan fingerprint density at radius 1 is 1.12 bits per heavy atom.